The van der Waals surface area contributed by atoms with Gasteiger partial charge < -0.3 is 14.6 Å². The Morgan fingerprint density at radius 2 is 1.43 bits per heavy atom. The lowest BCUT2D eigenvalue weighted by molar-refractivity contribution is -0.187. The minimum absolute atomic E-state index is 0.00312. The number of carbonyl (C=O) groups is 2. The molecule has 5 nitrogen and oxygen atoms in total. The molecule has 0 heterocycles. The molecule has 0 fully saturated rings. The van der Waals surface area contributed by atoms with E-state index in [1.807, 2.05) is 72.8 Å². The zero-order valence-corrected chi connectivity index (χ0v) is 22.2. The van der Waals surface area contributed by atoms with Gasteiger partial charge in [-0.2, -0.15) is 0 Å². The lowest BCUT2D eigenvalue weighted by Gasteiger charge is -2.39. The number of para-hydroxylation sites is 1. The van der Waals surface area contributed by atoms with E-state index in [9.17, 15) is 14.7 Å². The lowest BCUT2D eigenvalue weighted by Crippen LogP contribution is -2.48. The number of hydrogen-bond acceptors (Lipinski definition) is 4. The minimum Gasteiger partial charge on any atom is -0.489 e. The van der Waals surface area contributed by atoms with Gasteiger partial charge in [0.2, 0.25) is 0 Å². The molecule has 0 aromatic heterocycles. The molecule has 5 rings (SSSR count). The molecule has 0 saturated heterocycles. The summed E-state index contributed by atoms with van der Waals surface area (Å²) in [6, 6.07) is 35.0. The zero-order valence-electron chi connectivity index (χ0n) is 22.2. The van der Waals surface area contributed by atoms with Crippen molar-refractivity contribution in [2.75, 3.05) is 6.61 Å². The van der Waals surface area contributed by atoms with Crippen molar-refractivity contribution < 1.29 is 24.2 Å². The van der Waals surface area contributed by atoms with Crippen molar-refractivity contribution in [3.05, 3.63) is 156 Å². The summed E-state index contributed by atoms with van der Waals surface area (Å²) in [5.41, 5.74) is 0.796. The van der Waals surface area contributed by atoms with Gasteiger partial charge in [-0.15, -0.1) is 0 Å². The molecule has 4 aromatic rings. The van der Waals surface area contributed by atoms with Gasteiger partial charge in [0.15, 0.2) is 11.4 Å². The number of benzene rings is 4. The first kappa shape index (κ1) is 26.9. The molecular formula is C35H30O5. The van der Waals surface area contributed by atoms with Crippen LogP contribution in [0.5, 0.6) is 5.75 Å². The van der Waals surface area contributed by atoms with E-state index in [2.05, 4.69) is 0 Å². The summed E-state index contributed by atoms with van der Waals surface area (Å²) >= 11 is 0. The molecule has 200 valence electrons. The highest BCUT2D eigenvalue weighted by Crippen LogP contribution is 2.38. The molecule has 0 radical (unpaired) electrons. The van der Waals surface area contributed by atoms with Crippen molar-refractivity contribution in [1.29, 1.82) is 0 Å². The number of rotatable bonds is 10. The van der Waals surface area contributed by atoms with Crippen LogP contribution in [-0.4, -0.2) is 29.1 Å². The molecule has 2 atom stereocenters. The van der Waals surface area contributed by atoms with E-state index in [1.54, 1.807) is 67.6 Å². The van der Waals surface area contributed by atoms with E-state index in [1.165, 1.54) is 0 Å². The fraction of sp³-hybridized carbons (Fsp3) is 0.143. The summed E-state index contributed by atoms with van der Waals surface area (Å²) in [6.07, 6.45) is 6.22. The van der Waals surface area contributed by atoms with Crippen LogP contribution in [-0.2, 0) is 15.1 Å². The van der Waals surface area contributed by atoms with Crippen molar-refractivity contribution in [1.82, 2.24) is 0 Å². The second-order valence-corrected chi connectivity index (χ2v) is 9.91. The largest absolute Gasteiger partial charge is 0.489 e. The normalized spacial score (nSPS) is 17.9. The molecule has 0 amide bonds. The highest BCUT2D eigenvalue weighted by Gasteiger charge is 2.45. The van der Waals surface area contributed by atoms with Crippen LogP contribution >= 0.6 is 0 Å². The first-order valence-corrected chi connectivity index (χ1v) is 13.2. The maximum absolute atomic E-state index is 13.3. The van der Waals surface area contributed by atoms with Crippen LogP contribution in [0.4, 0.5) is 0 Å². The van der Waals surface area contributed by atoms with Crippen LogP contribution in [0.25, 0.3) is 5.57 Å². The third-order valence-electron chi connectivity index (χ3n) is 7.12. The number of carboxylic acid groups (broad SMARTS) is 1. The molecule has 0 saturated carbocycles. The number of allylic oxidation sites excluding steroid dienone is 2. The first-order valence-electron chi connectivity index (χ1n) is 13.2. The standard InChI is InChI=1S/C35H30O5/c1-34(33(37)38,29-17-9-4-10-18-29)40-35(23-21-27(22-24-35)26-13-5-2-6-14-26)25-39-31-20-12-11-19-30(31)32(36)28-15-7-3-8-16-28/h2-23H,24-25H2,1H3,(H,37,38). The Morgan fingerprint density at radius 1 is 0.825 bits per heavy atom. The van der Waals surface area contributed by atoms with Crippen LogP contribution in [0.15, 0.2) is 133 Å². The molecular weight excluding hydrogens is 500 g/mol. The maximum atomic E-state index is 13.3. The molecule has 1 aliphatic carbocycles. The molecule has 0 aliphatic heterocycles. The van der Waals surface area contributed by atoms with Crippen LogP contribution in [0.2, 0.25) is 0 Å². The van der Waals surface area contributed by atoms with Crippen LogP contribution in [0.1, 0.15) is 40.4 Å². The Morgan fingerprint density at radius 3 is 2.05 bits per heavy atom. The summed E-state index contributed by atoms with van der Waals surface area (Å²) in [5, 5.41) is 10.3. The van der Waals surface area contributed by atoms with Crippen molar-refractivity contribution in [3.8, 4) is 5.75 Å². The average Bonchev–Trinajstić information content (AvgIpc) is 3.01. The van der Waals surface area contributed by atoms with E-state index < -0.39 is 17.2 Å². The number of carboxylic acids is 1. The highest BCUT2D eigenvalue weighted by atomic mass is 16.6. The van der Waals surface area contributed by atoms with Crippen molar-refractivity contribution in [2.45, 2.75) is 24.5 Å². The predicted octanol–water partition coefficient (Wildman–Crippen LogP) is 7.10. The number of ketones is 1. The summed E-state index contributed by atoms with van der Waals surface area (Å²) in [7, 11) is 0. The van der Waals surface area contributed by atoms with Gasteiger partial charge in [-0.1, -0.05) is 115 Å². The SMILES string of the molecule is CC(OC1(COc2ccccc2C(=O)c2ccccc2)C=CC(c2ccccc2)=CC1)(C(=O)O)c1ccccc1. The van der Waals surface area contributed by atoms with E-state index in [0.717, 1.165) is 11.1 Å². The van der Waals surface area contributed by atoms with Crippen molar-refractivity contribution in [3.63, 3.8) is 0 Å². The monoisotopic (exact) mass is 530 g/mol. The highest BCUT2D eigenvalue weighted by molar-refractivity contribution is 6.10. The van der Waals surface area contributed by atoms with E-state index in [0.29, 0.717) is 28.9 Å². The fourth-order valence-electron chi connectivity index (χ4n) is 4.83. The molecule has 1 N–H and O–H groups in total. The Kier molecular flexibility index (Phi) is 7.76. The topological polar surface area (TPSA) is 72.8 Å². The van der Waals surface area contributed by atoms with Gasteiger partial charge >= 0.3 is 5.97 Å². The summed E-state index contributed by atoms with van der Waals surface area (Å²) in [4.78, 5) is 25.9. The van der Waals surface area contributed by atoms with Crippen LogP contribution in [0, 0.1) is 0 Å². The van der Waals surface area contributed by atoms with E-state index in [4.69, 9.17) is 9.47 Å². The van der Waals surface area contributed by atoms with Gasteiger partial charge in [0.05, 0.1) is 5.56 Å². The van der Waals surface area contributed by atoms with Crippen molar-refractivity contribution >= 4 is 17.3 Å². The lowest BCUT2D eigenvalue weighted by atomic mass is 9.87. The summed E-state index contributed by atoms with van der Waals surface area (Å²) < 4.78 is 12.9. The molecule has 4 aromatic carbocycles. The van der Waals surface area contributed by atoms with Gasteiger partial charge in [-0.25, -0.2) is 4.79 Å². The smallest absolute Gasteiger partial charge is 0.340 e. The predicted molar refractivity (Wildman–Crippen MR) is 155 cm³/mol. The van der Waals surface area contributed by atoms with Gasteiger partial charge in [0.1, 0.15) is 18.0 Å². The second kappa shape index (κ2) is 11.6. The Hall–Kier alpha value is -4.74. The quantitative estimate of drug-likeness (QED) is 0.222. The zero-order chi connectivity index (χ0) is 28.0. The minimum atomic E-state index is -1.65. The fourth-order valence-corrected chi connectivity index (χ4v) is 4.83. The van der Waals surface area contributed by atoms with Crippen LogP contribution < -0.4 is 4.74 Å². The molecule has 1 aliphatic rings. The number of ether oxygens (including phenoxy) is 2. The first-order chi connectivity index (χ1) is 19.4. The van der Waals surface area contributed by atoms with E-state index in [-0.39, 0.29) is 12.4 Å². The molecule has 0 bridgehead atoms. The molecule has 2 unspecified atom stereocenters. The molecule has 5 heteroatoms. The average molecular weight is 531 g/mol. The maximum Gasteiger partial charge on any atom is 0.340 e. The van der Waals surface area contributed by atoms with Gasteiger partial charge in [-0.3, -0.25) is 4.79 Å². The third-order valence-corrected chi connectivity index (χ3v) is 7.12. The summed E-state index contributed by atoms with van der Waals surface area (Å²) in [6.45, 7) is 1.56. The third kappa shape index (κ3) is 5.65. The van der Waals surface area contributed by atoms with E-state index >= 15 is 0 Å². The van der Waals surface area contributed by atoms with Gasteiger partial charge in [-0.05, 0) is 41.8 Å². The molecule has 0 spiro atoms. The second-order valence-electron chi connectivity index (χ2n) is 9.91. The van der Waals surface area contributed by atoms with Gasteiger partial charge in [0, 0.05) is 12.0 Å². The Labute approximate surface area is 234 Å². The van der Waals surface area contributed by atoms with Crippen LogP contribution in [0.3, 0.4) is 0 Å². The van der Waals surface area contributed by atoms with Crippen molar-refractivity contribution in [2.24, 2.45) is 0 Å². The van der Waals surface area contributed by atoms with Gasteiger partial charge in [0.25, 0.3) is 0 Å². The molecule has 40 heavy (non-hydrogen) atoms. The Bertz CT molecular complexity index is 1540. The Balaban J connectivity index is 1.48. The number of aliphatic carboxylic acids is 1. The number of carbonyl (C=O) groups excluding carboxylic acids is 1. The summed E-state index contributed by atoms with van der Waals surface area (Å²) in [5.74, 6) is -0.859. The number of hydrogen-bond donors (Lipinski definition) is 1.